The van der Waals surface area contributed by atoms with Crippen molar-refractivity contribution < 1.29 is 4.74 Å². The molecule has 0 aliphatic heterocycles. The zero-order valence-electron chi connectivity index (χ0n) is 18.7. The summed E-state index contributed by atoms with van der Waals surface area (Å²) in [5.41, 5.74) is 5.38. The standard InChI is InChI=1S/C25H24N6OS/c1-5-18(11-16(2)26-3)23-22(32-4)12-17(14-28-23)15-29-25-30-24(33-31-25)20-8-9-21-19(13-20)7-6-10-27-21/h5-14H,1,15H2,2-4H3,(H,29,31)/b18-11+,26-16?. The molecular formula is C25H24N6OS. The number of aromatic nitrogens is 4. The van der Waals surface area contributed by atoms with E-state index in [2.05, 4.69) is 42.3 Å². The van der Waals surface area contributed by atoms with Crippen molar-refractivity contribution in [2.24, 2.45) is 4.99 Å². The van der Waals surface area contributed by atoms with Crippen molar-refractivity contribution in [2.45, 2.75) is 13.5 Å². The summed E-state index contributed by atoms with van der Waals surface area (Å²) in [6, 6.07) is 12.0. The van der Waals surface area contributed by atoms with Gasteiger partial charge in [-0.25, -0.2) is 0 Å². The summed E-state index contributed by atoms with van der Waals surface area (Å²) in [6.07, 6.45) is 7.28. The third-order valence-electron chi connectivity index (χ3n) is 5.07. The molecule has 0 atom stereocenters. The molecule has 8 heteroatoms. The number of nitrogens with zero attached hydrogens (tertiary/aromatic N) is 5. The lowest BCUT2D eigenvalue weighted by atomic mass is 10.1. The van der Waals surface area contributed by atoms with Crippen molar-refractivity contribution in [1.82, 2.24) is 19.3 Å². The number of rotatable bonds is 8. The average molecular weight is 457 g/mol. The van der Waals surface area contributed by atoms with E-state index in [4.69, 9.17) is 4.74 Å². The van der Waals surface area contributed by atoms with Gasteiger partial charge in [0.2, 0.25) is 5.95 Å². The maximum absolute atomic E-state index is 5.58. The van der Waals surface area contributed by atoms with Crippen LogP contribution in [-0.2, 0) is 6.54 Å². The third kappa shape index (κ3) is 5.12. The van der Waals surface area contributed by atoms with Crippen LogP contribution >= 0.6 is 11.5 Å². The van der Waals surface area contributed by atoms with E-state index >= 15 is 0 Å². The van der Waals surface area contributed by atoms with Crippen molar-refractivity contribution in [1.29, 1.82) is 0 Å². The van der Waals surface area contributed by atoms with Gasteiger partial charge in [-0.15, -0.1) is 0 Å². The second kappa shape index (κ2) is 10.1. The van der Waals surface area contributed by atoms with Crippen LogP contribution in [0.25, 0.3) is 27.0 Å². The Morgan fingerprint density at radius 3 is 2.91 bits per heavy atom. The number of hydrogen-bond acceptors (Lipinski definition) is 8. The maximum atomic E-state index is 5.58. The third-order valence-corrected chi connectivity index (χ3v) is 5.83. The van der Waals surface area contributed by atoms with Gasteiger partial charge < -0.3 is 10.1 Å². The first kappa shape index (κ1) is 22.3. The molecule has 1 aromatic carbocycles. The molecule has 33 heavy (non-hydrogen) atoms. The Balaban J connectivity index is 1.50. The zero-order valence-corrected chi connectivity index (χ0v) is 19.6. The molecule has 0 saturated carbocycles. The predicted octanol–water partition coefficient (Wildman–Crippen LogP) is 5.43. The van der Waals surface area contributed by atoms with Gasteiger partial charge in [0.05, 0.1) is 12.6 Å². The molecule has 0 aliphatic rings. The van der Waals surface area contributed by atoms with Gasteiger partial charge in [-0.1, -0.05) is 18.7 Å². The summed E-state index contributed by atoms with van der Waals surface area (Å²) < 4.78 is 10.0. The minimum atomic E-state index is 0.518. The van der Waals surface area contributed by atoms with Crippen LogP contribution in [0.1, 0.15) is 18.2 Å². The van der Waals surface area contributed by atoms with E-state index in [9.17, 15) is 0 Å². The van der Waals surface area contributed by atoms with Gasteiger partial charge in [0, 0.05) is 48.2 Å². The minimum absolute atomic E-state index is 0.518. The fourth-order valence-electron chi connectivity index (χ4n) is 3.27. The molecule has 166 valence electrons. The monoisotopic (exact) mass is 456 g/mol. The van der Waals surface area contributed by atoms with E-state index in [1.165, 1.54) is 11.5 Å². The number of fused-ring (bicyclic) bond motifs is 1. The highest BCUT2D eigenvalue weighted by molar-refractivity contribution is 7.09. The molecule has 0 spiro atoms. The Kier molecular flexibility index (Phi) is 6.85. The molecule has 3 aromatic heterocycles. The van der Waals surface area contributed by atoms with Gasteiger partial charge >= 0.3 is 0 Å². The summed E-state index contributed by atoms with van der Waals surface area (Å²) in [6.45, 7) is 6.34. The number of hydrogen-bond donors (Lipinski definition) is 1. The molecule has 0 radical (unpaired) electrons. The fourth-order valence-corrected chi connectivity index (χ4v) is 3.91. The quantitative estimate of drug-likeness (QED) is 0.281. The Bertz CT molecular complexity index is 1360. The number of aliphatic imine (C=N–C) groups is 1. The van der Waals surface area contributed by atoms with Crippen LogP contribution in [0.15, 0.2) is 72.5 Å². The number of pyridine rings is 2. The molecule has 3 heterocycles. The van der Waals surface area contributed by atoms with Crippen molar-refractivity contribution in [2.75, 3.05) is 19.5 Å². The molecule has 4 rings (SSSR count). The topological polar surface area (TPSA) is 85.2 Å². The number of nitrogens with one attached hydrogen (secondary N) is 1. The van der Waals surface area contributed by atoms with Gasteiger partial charge in [0.25, 0.3) is 0 Å². The first-order valence-electron chi connectivity index (χ1n) is 10.3. The fraction of sp³-hybridized carbons (Fsp3) is 0.160. The number of benzene rings is 1. The molecule has 4 aromatic rings. The van der Waals surface area contributed by atoms with E-state index in [-0.39, 0.29) is 0 Å². The molecule has 0 fully saturated rings. The lowest BCUT2D eigenvalue weighted by Gasteiger charge is -2.11. The molecule has 1 N–H and O–H groups in total. The van der Waals surface area contributed by atoms with Gasteiger partial charge in [0.15, 0.2) is 0 Å². The second-order valence-corrected chi connectivity index (χ2v) is 8.00. The number of methoxy groups -OCH3 is 1. The summed E-state index contributed by atoms with van der Waals surface area (Å²) in [4.78, 5) is 17.8. The highest BCUT2D eigenvalue weighted by Gasteiger charge is 2.11. The number of anilines is 1. The molecule has 0 amide bonds. The Hall–Kier alpha value is -3.91. The van der Waals surface area contributed by atoms with Crippen LogP contribution in [0, 0.1) is 0 Å². The summed E-state index contributed by atoms with van der Waals surface area (Å²) in [5, 5.41) is 5.20. The smallest absolute Gasteiger partial charge is 0.235 e. The maximum Gasteiger partial charge on any atom is 0.235 e. The lowest BCUT2D eigenvalue weighted by Crippen LogP contribution is -2.04. The van der Waals surface area contributed by atoms with Crippen molar-refractivity contribution in [3.05, 3.63) is 78.8 Å². The van der Waals surface area contributed by atoms with E-state index in [1.54, 1.807) is 26.4 Å². The largest absolute Gasteiger partial charge is 0.494 e. The number of allylic oxidation sites excluding steroid dienone is 3. The molecule has 0 saturated heterocycles. The average Bonchev–Trinajstić information content (AvgIpc) is 3.34. The molecule has 0 unspecified atom stereocenters. The van der Waals surface area contributed by atoms with Crippen molar-refractivity contribution >= 4 is 39.7 Å². The Morgan fingerprint density at radius 1 is 1.24 bits per heavy atom. The van der Waals surface area contributed by atoms with Crippen LogP contribution in [0.4, 0.5) is 5.95 Å². The van der Waals surface area contributed by atoms with Crippen LogP contribution in [0.5, 0.6) is 5.75 Å². The molecule has 7 nitrogen and oxygen atoms in total. The summed E-state index contributed by atoms with van der Waals surface area (Å²) >= 11 is 1.36. The Labute approximate surface area is 196 Å². The van der Waals surface area contributed by atoms with Crippen molar-refractivity contribution in [3.63, 3.8) is 0 Å². The Morgan fingerprint density at radius 2 is 2.12 bits per heavy atom. The number of ether oxygens (including phenoxy) is 1. The first-order chi connectivity index (χ1) is 16.1. The molecule has 0 aliphatic carbocycles. The first-order valence-corrected chi connectivity index (χ1v) is 11.1. The van der Waals surface area contributed by atoms with E-state index in [1.807, 2.05) is 49.5 Å². The second-order valence-electron chi connectivity index (χ2n) is 7.25. The molecule has 0 bridgehead atoms. The highest BCUT2D eigenvalue weighted by atomic mass is 32.1. The van der Waals surface area contributed by atoms with Crippen LogP contribution in [0.2, 0.25) is 0 Å². The van der Waals surface area contributed by atoms with Gasteiger partial charge in [-0.05, 0) is 60.4 Å². The van der Waals surface area contributed by atoms with Crippen LogP contribution in [-0.4, -0.2) is 39.2 Å². The molecular weight excluding hydrogens is 432 g/mol. The van der Waals surface area contributed by atoms with Gasteiger partial charge in [0.1, 0.15) is 16.5 Å². The van der Waals surface area contributed by atoms with Crippen molar-refractivity contribution in [3.8, 4) is 16.3 Å². The van der Waals surface area contributed by atoms with Gasteiger partial charge in [-0.2, -0.15) is 9.36 Å². The minimum Gasteiger partial charge on any atom is -0.494 e. The zero-order chi connectivity index (χ0) is 23.2. The highest BCUT2D eigenvalue weighted by Crippen LogP contribution is 2.28. The lowest BCUT2D eigenvalue weighted by molar-refractivity contribution is 0.411. The summed E-state index contributed by atoms with van der Waals surface area (Å²) in [5.74, 6) is 1.24. The predicted molar refractivity (Wildman–Crippen MR) is 136 cm³/mol. The van der Waals surface area contributed by atoms with E-state index < -0.39 is 0 Å². The van der Waals surface area contributed by atoms with E-state index in [0.717, 1.165) is 44.0 Å². The van der Waals surface area contributed by atoms with Gasteiger partial charge in [-0.3, -0.25) is 15.0 Å². The van der Waals surface area contributed by atoms with Crippen LogP contribution < -0.4 is 10.1 Å². The van der Waals surface area contributed by atoms with E-state index in [0.29, 0.717) is 18.2 Å². The normalized spacial score (nSPS) is 12.1. The van der Waals surface area contributed by atoms with Crippen LogP contribution in [0.3, 0.4) is 0 Å². The SMILES string of the molecule is C=C/C(=C\C(C)=NC)c1ncc(CNc2nsc(-c3ccc4ncccc4c3)n2)cc1OC. The summed E-state index contributed by atoms with van der Waals surface area (Å²) in [7, 11) is 3.38.